The van der Waals surface area contributed by atoms with Crippen molar-refractivity contribution in [1.29, 1.82) is 0 Å². The average molecular weight is 356 g/mol. The van der Waals surface area contributed by atoms with Crippen molar-refractivity contribution in [2.24, 2.45) is 0 Å². The monoisotopic (exact) mass is 355 g/mol. The van der Waals surface area contributed by atoms with E-state index in [0.717, 1.165) is 23.3 Å². The number of carbonyl (C=O) groups is 1. The van der Waals surface area contributed by atoms with Gasteiger partial charge in [-0.25, -0.2) is 9.78 Å². The number of carboxylic acid groups (broad SMARTS) is 1. The number of carboxylic acids is 1. The van der Waals surface area contributed by atoms with Crippen molar-refractivity contribution < 1.29 is 9.90 Å². The standard InChI is InChI=1S/C19H14ClNO2S/c1-10-6-12(20)8-13-14(19(22)23)9-15(21-18(10)13)17-7-11-4-2-3-5-16(11)24-17/h3,5-9H,2,4H2,1H3,(H,22,23). The van der Waals surface area contributed by atoms with Crippen LogP contribution in [0.4, 0.5) is 0 Å². The quantitative estimate of drug-likeness (QED) is 0.652. The number of hydrogen-bond donors (Lipinski definition) is 1. The maximum atomic E-state index is 11.7. The molecule has 0 aliphatic heterocycles. The third kappa shape index (κ3) is 2.52. The summed E-state index contributed by atoms with van der Waals surface area (Å²) in [7, 11) is 0. The zero-order valence-electron chi connectivity index (χ0n) is 13.0. The minimum absolute atomic E-state index is 0.238. The lowest BCUT2D eigenvalue weighted by atomic mass is 10.0. The van der Waals surface area contributed by atoms with E-state index in [2.05, 4.69) is 18.2 Å². The van der Waals surface area contributed by atoms with E-state index in [1.165, 1.54) is 10.4 Å². The molecule has 1 N–H and O–H groups in total. The highest BCUT2D eigenvalue weighted by molar-refractivity contribution is 7.16. The lowest BCUT2D eigenvalue weighted by molar-refractivity contribution is 0.0699. The summed E-state index contributed by atoms with van der Waals surface area (Å²) in [6, 6.07) is 7.27. The molecule has 0 unspecified atom stereocenters. The number of pyridine rings is 1. The summed E-state index contributed by atoms with van der Waals surface area (Å²) in [6.45, 7) is 1.90. The topological polar surface area (TPSA) is 50.2 Å². The Hall–Kier alpha value is -2.17. The van der Waals surface area contributed by atoms with Gasteiger partial charge in [-0.15, -0.1) is 11.3 Å². The largest absolute Gasteiger partial charge is 0.478 e. The molecule has 0 saturated carbocycles. The van der Waals surface area contributed by atoms with E-state index in [9.17, 15) is 9.90 Å². The van der Waals surface area contributed by atoms with E-state index in [1.54, 1.807) is 23.5 Å². The predicted octanol–water partition coefficient (Wildman–Crippen LogP) is 5.58. The van der Waals surface area contributed by atoms with Crippen LogP contribution in [0.15, 0.2) is 30.3 Å². The van der Waals surface area contributed by atoms with Crippen molar-refractivity contribution >= 4 is 45.9 Å². The lowest BCUT2D eigenvalue weighted by Gasteiger charge is -2.08. The van der Waals surface area contributed by atoms with Gasteiger partial charge < -0.3 is 5.11 Å². The molecule has 0 amide bonds. The van der Waals surface area contributed by atoms with Crippen LogP contribution < -0.4 is 0 Å². The Balaban J connectivity index is 1.98. The number of aromatic carboxylic acids is 1. The second-order valence-electron chi connectivity index (χ2n) is 5.92. The Labute approximate surface area is 148 Å². The molecule has 0 bridgehead atoms. The average Bonchev–Trinajstić information content (AvgIpc) is 2.98. The summed E-state index contributed by atoms with van der Waals surface area (Å²) >= 11 is 7.76. The van der Waals surface area contributed by atoms with Crippen molar-refractivity contribution in [2.75, 3.05) is 0 Å². The van der Waals surface area contributed by atoms with Crippen molar-refractivity contribution in [3.8, 4) is 10.6 Å². The smallest absolute Gasteiger partial charge is 0.336 e. The number of fused-ring (bicyclic) bond motifs is 2. The molecule has 5 heteroatoms. The van der Waals surface area contributed by atoms with Crippen molar-refractivity contribution in [1.82, 2.24) is 4.98 Å². The summed E-state index contributed by atoms with van der Waals surface area (Å²) in [5, 5.41) is 10.7. The highest BCUT2D eigenvalue weighted by Gasteiger charge is 2.17. The predicted molar refractivity (Wildman–Crippen MR) is 99.1 cm³/mol. The highest BCUT2D eigenvalue weighted by Crippen LogP contribution is 2.36. The molecule has 0 radical (unpaired) electrons. The summed E-state index contributed by atoms with van der Waals surface area (Å²) in [4.78, 5) is 18.7. The second-order valence-corrected chi connectivity index (χ2v) is 7.44. The first-order valence-electron chi connectivity index (χ1n) is 7.67. The number of aryl methyl sites for hydroxylation is 2. The van der Waals surface area contributed by atoms with Crippen LogP contribution in [0, 0.1) is 6.92 Å². The van der Waals surface area contributed by atoms with Crippen molar-refractivity contribution in [3.05, 3.63) is 56.9 Å². The minimum Gasteiger partial charge on any atom is -0.478 e. The van der Waals surface area contributed by atoms with Crippen LogP contribution >= 0.6 is 22.9 Å². The van der Waals surface area contributed by atoms with Gasteiger partial charge in [0.1, 0.15) is 0 Å². The maximum absolute atomic E-state index is 11.7. The first-order valence-corrected chi connectivity index (χ1v) is 8.86. The zero-order valence-corrected chi connectivity index (χ0v) is 14.5. The molecule has 1 aromatic carbocycles. The van der Waals surface area contributed by atoms with Gasteiger partial charge in [0, 0.05) is 15.3 Å². The maximum Gasteiger partial charge on any atom is 0.336 e. The summed E-state index contributed by atoms with van der Waals surface area (Å²) in [5.74, 6) is -0.966. The van der Waals surface area contributed by atoms with Gasteiger partial charge in [-0.2, -0.15) is 0 Å². The van der Waals surface area contributed by atoms with Gasteiger partial charge in [-0.1, -0.05) is 17.7 Å². The number of thiophene rings is 1. The fourth-order valence-electron chi connectivity index (χ4n) is 3.09. The normalized spacial score (nSPS) is 13.2. The molecular formula is C19H14ClNO2S. The van der Waals surface area contributed by atoms with Crippen LogP contribution in [0.2, 0.25) is 5.02 Å². The van der Waals surface area contributed by atoms with Gasteiger partial charge in [0.25, 0.3) is 0 Å². The van der Waals surface area contributed by atoms with Gasteiger partial charge >= 0.3 is 5.97 Å². The van der Waals surface area contributed by atoms with Crippen LogP contribution in [-0.4, -0.2) is 16.1 Å². The zero-order chi connectivity index (χ0) is 16.8. The third-order valence-electron chi connectivity index (χ3n) is 4.24. The van der Waals surface area contributed by atoms with E-state index < -0.39 is 5.97 Å². The van der Waals surface area contributed by atoms with E-state index in [1.807, 2.05) is 13.0 Å². The van der Waals surface area contributed by atoms with Gasteiger partial charge in [0.15, 0.2) is 0 Å². The molecule has 0 atom stereocenters. The van der Waals surface area contributed by atoms with Gasteiger partial charge in [-0.3, -0.25) is 0 Å². The molecule has 0 spiro atoms. The molecule has 3 nitrogen and oxygen atoms in total. The fraction of sp³-hybridized carbons (Fsp3) is 0.158. The molecular weight excluding hydrogens is 342 g/mol. The number of rotatable bonds is 2. The first-order chi connectivity index (χ1) is 11.5. The third-order valence-corrected chi connectivity index (χ3v) is 5.63. The van der Waals surface area contributed by atoms with Crippen LogP contribution in [-0.2, 0) is 6.42 Å². The number of allylic oxidation sites excluding steroid dienone is 1. The Morgan fingerprint density at radius 1 is 1.29 bits per heavy atom. The number of hydrogen-bond acceptors (Lipinski definition) is 3. The van der Waals surface area contributed by atoms with Crippen molar-refractivity contribution in [2.45, 2.75) is 19.8 Å². The number of benzene rings is 1. The second kappa shape index (κ2) is 5.72. The lowest BCUT2D eigenvalue weighted by Crippen LogP contribution is -2.01. The van der Waals surface area contributed by atoms with E-state index in [4.69, 9.17) is 16.6 Å². The van der Waals surface area contributed by atoms with Crippen LogP contribution in [0.25, 0.3) is 27.6 Å². The molecule has 2 aromatic heterocycles. The van der Waals surface area contributed by atoms with Crippen molar-refractivity contribution in [3.63, 3.8) is 0 Å². The minimum atomic E-state index is -0.966. The molecule has 0 saturated heterocycles. The molecule has 24 heavy (non-hydrogen) atoms. The van der Waals surface area contributed by atoms with E-state index >= 15 is 0 Å². The summed E-state index contributed by atoms with van der Waals surface area (Å²) in [5.41, 5.74) is 3.82. The van der Waals surface area contributed by atoms with Crippen LogP contribution in [0.5, 0.6) is 0 Å². The van der Waals surface area contributed by atoms with E-state index in [-0.39, 0.29) is 5.56 Å². The Morgan fingerprint density at radius 2 is 2.12 bits per heavy atom. The molecule has 0 fully saturated rings. The Bertz CT molecular complexity index is 1020. The summed E-state index contributed by atoms with van der Waals surface area (Å²) in [6.07, 6.45) is 6.38. The van der Waals surface area contributed by atoms with E-state index in [0.29, 0.717) is 21.6 Å². The van der Waals surface area contributed by atoms with Crippen LogP contribution in [0.3, 0.4) is 0 Å². The first kappa shape index (κ1) is 15.4. The van der Waals surface area contributed by atoms with Gasteiger partial charge in [0.05, 0.1) is 21.7 Å². The molecule has 3 aromatic rings. The Morgan fingerprint density at radius 3 is 2.88 bits per heavy atom. The molecule has 1 aliphatic rings. The SMILES string of the molecule is Cc1cc(Cl)cc2c(C(=O)O)cc(-c3cc4c(s3)C=CCC4)nc12. The number of halogens is 1. The molecule has 4 rings (SSSR count). The Kier molecular flexibility index (Phi) is 3.66. The van der Waals surface area contributed by atoms with Crippen LogP contribution in [0.1, 0.15) is 32.8 Å². The summed E-state index contributed by atoms with van der Waals surface area (Å²) < 4.78 is 0. The number of nitrogens with zero attached hydrogens (tertiary/aromatic N) is 1. The fourth-order valence-corrected chi connectivity index (χ4v) is 4.47. The highest BCUT2D eigenvalue weighted by atomic mass is 35.5. The number of aromatic nitrogens is 1. The molecule has 2 heterocycles. The van der Waals surface area contributed by atoms with Gasteiger partial charge in [0.2, 0.25) is 0 Å². The molecule has 120 valence electrons. The van der Waals surface area contributed by atoms with Gasteiger partial charge in [-0.05, 0) is 61.2 Å². The molecule has 1 aliphatic carbocycles.